The molecule has 4 aromatic rings. The number of fused-ring (bicyclic) bond motifs is 1. The number of carbonyl (C=O) groups is 1. The predicted octanol–water partition coefficient (Wildman–Crippen LogP) is 4.78. The molecule has 0 saturated heterocycles. The van der Waals surface area contributed by atoms with Crippen LogP contribution in [0.15, 0.2) is 81.2 Å². The maximum atomic E-state index is 13.6. The number of ether oxygens (including phenoxy) is 1. The number of carbonyl (C=O) groups excluding carboxylic acids is 1. The number of rotatable bonds is 8. The van der Waals surface area contributed by atoms with Crippen molar-refractivity contribution in [2.24, 2.45) is 5.11 Å². The lowest BCUT2D eigenvalue weighted by molar-refractivity contribution is -0.307. The van der Waals surface area contributed by atoms with Crippen molar-refractivity contribution in [3.8, 4) is 5.75 Å². The summed E-state index contributed by atoms with van der Waals surface area (Å²) in [6.45, 7) is -0.723. The van der Waals surface area contributed by atoms with Gasteiger partial charge in [0.1, 0.15) is 17.9 Å². The van der Waals surface area contributed by atoms with Gasteiger partial charge in [-0.25, -0.2) is 12.4 Å². The van der Waals surface area contributed by atoms with E-state index in [1.807, 2.05) is 6.07 Å². The van der Waals surface area contributed by atoms with Gasteiger partial charge in [-0.1, -0.05) is 57.9 Å². The number of hydrogen-bond donors (Lipinski definition) is 1. The molecule has 0 bridgehead atoms. The molecule has 9 nitrogen and oxygen atoms in total. The Labute approximate surface area is 219 Å². The van der Waals surface area contributed by atoms with Crippen LogP contribution in [0.25, 0.3) is 23.1 Å². The lowest BCUT2D eigenvalue weighted by atomic mass is 10.1. The molecule has 3 aromatic carbocycles. The van der Waals surface area contributed by atoms with Gasteiger partial charge in [-0.05, 0) is 42.5 Å². The Balaban J connectivity index is 1.86. The lowest BCUT2D eigenvalue weighted by Crippen LogP contribution is -2.29. The molecule has 4 rings (SSSR count). The van der Waals surface area contributed by atoms with E-state index in [2.05, 4.69) is 26.0 Å². The van der Waals surface area contributed by atoms with E-state index in [9.17, 15) is 18.3 Å². The van der Waals surface area contributed by atoms with Crippen molar-refractivity contribution in [1.82, 2.24) is 8.88 Å². The molecule has 36 heavy (non-hydrogen) atoms. The Morgan fingerprint density at radius 1 is 1.14 bits per heavy atom. The van der Waals surface area contributed by atoms with Crippen LogP contribution in [0, 0.1) is 5.53 Å². The largest absolute Gasteiger partial charge is 0.546 e. The first-order valence-electron chi connectivity index (χ1n) is 10.2. The highest BCUT2D eigenvalue weighted by molar-refractivity contribution is 9.10. The van der Waals surface area contributed by atoms with Crippen LogP contribution in [-0.2, 0) is 14.8 Å². The number of carboxylic acids is 1. The molecule has 1 aromatic heterocycles. The number of benzene rings is 3. The molecule has 0 aliphatic heterocycles. The average Bonchev–Trinajstić information content (AvgIpc) is 3.22. The zero-order chi connectivity index (χ0) is 25.9. The molecule has 0 fully saturated rings. The van der Waals surface area contributed by atoms with Gasteiger partial charge in [0.2, 0.25) is 4.91 Å². The van der Waals surface area contributed by atoms with Gasteiger partial charge in [-0.15, -0.1) is 0 Å². The number of carboxylic acid groups (broad SMARTS) is 1. The summed E-state index contributed by atoms with van der Waals surface area (Å²) in [5.74, 6) is -1.41. The van der Waals surface area contributed by atoms with Crippen molar-refractivity contribution in [3.05, 3.63) is 87.5 Å². The third-order valence-electron chi connectivity index (χ3n) is 5.05. The van der Waals surface area contributed by atoms with Crippen LogP contribution in [0.3, 0.4) is 0 Å². The zero-order valence-corrected chi connectivity index (χ0v) is 21.4. The summed E-state index contributed by atoms with van der Waals surface area (Å²) in [5.41, 5.74) is 8.49. The fraction of sp³-hybridized carbons (Fsp3) is 0.0417. The number of aliphatic carboxylic acids is 1. The smallest absolute Gasteiger partial charge is 0.268 e. The molecule has 0 spiro atoms. The van der Waals surface area contributed by atoms with Gasteiger partial charge < -0.3 is 14.6 Å². The minimum Gasteiger partial charge on any atom is -0.546 e. The first-order chi connectivity index (χ1) is 17.2. The predicted molar refractivity (Wildman–Crippen MR) is 136 cm³/mol. The van der Waals surface area contributed by atoms with Gasteiger partial charge in [0.25, 0.3) is 10.0 Å². The molecule has 0 aliphatic carbocycles. The van der Waals surface area contributed by atoms with Gasteiger partial charge in [0.05, 0.1) is 27.1 Å². The van der Waals surface area contributed by atoms with Crippen molar-refractivity contribution in [3.63, 3.8) is 0 Å². The summed E-state index contributed by atoms with van der Waals surface area (Å²) in [4.78, 5) is 13.9. The summed E-state index contributed by atoms with van der Waals surface area (Å²) in [5, 5.41) is 15.2. The van der Waals surface area contributed by atoms with Crippen LogP contribution >= 0.6 is 27.5 Å². The minimum absolute atomic E-state index is 0.0195. The number of nitrogens with one attached hydrogen (secondary N) is 1. The topological polar surface area (TPSA) is 139 Å². The number of nitrogens with zero attached hydrogens (tertiary/aromatic N) is 3. The van der Waals surface area contributed by atoms with Crippen LogP contribution in [0.2, 0.25) is 5.02 Å². The van der Waals surface area contributed by atoms with E-state index in [0.717, 1.165) is 0 Å². The molecule has 1 N–H and O–H groups in total. The Bertz CT molecular complexity index is 1660. The van der Waals surface area contributed by atoms with E-state index in [1.165, 1.54) is 28.2 Å². The van der Waals surface area contributed by atoms with Crippen molar-refractivity contribution in [1.29, 1.82) is 5.53 Å². The summed E-state index contributed by atoms with van der Waals surface area (Å²) in [6.07, 6.45) is 3.14. The third kappa shape index (κ3) is 5.24. The fourth-order valence-corrected chi connectivity index (χ4v) is 5.60. The molecule has 182 valence electrons. The Kier molecular flexibility index (Phi) is 7.37. The van der Waals surface area contributed by atoms with Gasteiger partial charge >= 0.3 is 0 Å². The maximum Gasteiger partial charge on any atom is 0.268 e. The van der Waals surface area contributed by atoms with E-state index in [-0.39, 0.29) is 21.4 Å². The summed E-state index contributed by atoms with van der Waals surface area (Å²) in [7, 11) is -3.96. The Morgan fingerprint density at radius 2 is 1.89 bits per heavy atom. The molecule has 0 unspecified atom stereocenters. The maximum absolute atomic E-state index is 13.6. The van der Waals surface area contributed by atoms with Crippen molar-refractivity contribution >= 4 is 72.3 Å². The van der Waals surface area contributed by atoms with Crippen LogP contribution in [0.5, 0.6) is 5.75 Å². The highest BCUT2D eigenvalue weighted by atomic mass is 79.9. The molecule has 0 radical (unpaired) electrons. The molecule has 0 atom stereocenters. The quantitative estimate of drug-likeness (QED) is 0.234. The summed E-state index contributed by atoms with van der Waals surface area (Å²) < 4.78 is 34.3. The van der Waals surface area contributed by atoms with Crippen LogP contribution in [-0.4, -0.2) is 25.0 Å². The number of aromatic nitrogens is 1. The van der Waals surface area contributed by atoms with Crippen molar-refractivity contribution in [2.75, 3.05) is 6.61 Å². The van der Waals surface area contributed by atoms with Crippen LogP contribution in [0.1, 0.15) is 11.3 Å². The SMILES string of the molecule is N=[N+]=Nc1cc(OCC(=O)[O-])c(Cl)cc1C=Cc1cc2ccc(Br)cc2n1S(=O)(=O)c1ccccc1. The van der Waals surface area contributed by atoms with E-state index in [4.69, 9.17) is 21.9 Å². The second-order valence-electron chi connectivity index (χ2n) is 7.39. The van der Waals surface area contributed by atoms with Crippen LogP contribution in [0.4, 0.5) is 5.69 Å². The van der Waals surface area contributed by atoms with E-state index < -0.39 is 22.6 Å². The minimum atomic E-state index is -3.96. The lowest BCUT2D eigenvalue weighted by Gasteiger charge is -2.11. The molecular formula is C24H16BrClN4O5S. The normalized spacial score (nSPS) is 11.5. The Morgan fingerprint density at radius 3 is 2.58 bits per heavy atom. The first-order valence-corrected chi connectivity index (χ1v) is 12.8. The molecule has 0 aliphatic rings. The van der Waals surface area contributed by atoms with E-state index >= 15 is 0 Å². The molecule has 12 heteroatoms. The molecule has 0 saturated carbocycles. The number of halogens is 2. The van der Waals surface area contributed by atoms with Gasteiger partial charge in [-0.3, -0.25) is 0 Å². The standard InChI is InChI=1S/C24H16BrClN4O5S/c25-17-8-6-16-10-18(30(22(16)12-17)36(33,34)19-4-2-1-3-5-19)9-7-15-11-20(26)23(35-14-24(31)32)13-21(15)28-29-27/h1-13,27H,14H2. The Hall–Kier alpha value is -3.76. The molecule has 1 heterocycles. The summed E-state index contributed by atoms with van der Waals surface area (Å²) >= 11 is 9.64. The highest BCUT2D eigenvalue weighted by Gasteiger charge is 2.22. The third-order valence-corrected chi connectivity index (χ3v) is 7.59. The zero-order valence-electron chi connectivity index (χ0n) is 18.3. The average molecular weight is 588 g/mol. The van der Waals surface area contributed by atoms with E-state index in [0.29, 0.717) is 26.6 Å². The monoisotopic (exact) mass is 586 g/mol. The van der Waals surface area contributed by atoms with Crippen molar-refractivity contribution in [2.45, 2.75) is 4.90 Å². The van der Waals surface area contributed by atoms with Crippen molar-refractivity contribution < 1.29 is 23.1 Å². The molecule has 0 amide bonds. The van der Waals surface area contributed by atoms with Crippen LogP contribution < -0.4 is 14.8 Å². The number of hydrogen-bond acceptors (Lipinski definition) is 7. The molecular weight excluding hydrogens is 572 g/mol. The van der Waals surface area contributed by atoms with Gasteiger partial charge in [-0.2, -0.15) is 0 Å². The van der Waals surface area contributed by atoms with E-state index in [1.54, 1.807) is 48.6 Å². The second kappa shape index (κ2) is 10.5. The fourth-order valence-electron chi connectivity index (χ4n) is 3.51. The highest BCUT2D eigenvalue weighted by Crippen LogP contribution is 2.35. The first kappa shape index (κ1) is 25.3. The van der Waals surface area contributed by atoms with Gasteiger partial charge in [0.15, 0.2) is 10.8 Å². The van der Waals surface area contributed by atoms with Gasteiger partial charge in [0, 0.05) is 21.5 Å². The summed E-state index contributed by atoms with van der Waals surface area (Å²) in [6, 6.07) is 17.9. The second-order valence-corrected chi connectivity index (χ2v) is 10.5.